The van der Waals surface area contributed by atoms with Gasteiger partial charge in [-0.15, -0.1) is 0 Å². The highest BCUT2D eigenvalue weighted by molar-refractivity contribution is 7.92. The monoisotopic (exact) mass is 488 g/mol. The second-order valence-corrected chi connectivity index (χ2v) is 10.7. The maximum atomic E-state index is 12.8. The zero-order valence-corrected chi connectivity index (χ0v) is 21.9. The normalized spacial score (nSPS) is 15.7. The van der Waals surface area contributed by atoms with Crippen LogP contribution in [0.15, 0.2) is 53.4 Å². The van der Waals surface area contributed by atoms with Crippen LogP contribution in [0.1, 0.15) is 33.3 Å². The molecule has 0 aromatic heterocycles. The molecule has 0 amide bonds. The van der Waals surface area contributed by atoms with Crippen molar-refractivity contribution in [3.05, 3.63) is 54.1 Å². The molecule has 34 heavy (non-hydrogen) atoms. The Morgan fingerprint density at radius 1 is 0.941 bits per heavy atom. The van der Waals surface area contributed by atoms with E-state index in [1.807, 2.05) is 12.1 Å². The maximum absolute atomic E-state index is 12.8. The molecule has 0 bridgehead atoms. The summed E-state index contributed by atoms with van der Waals surface area (Å²) in [6.45, 7) is 17.3. The first-order chi connectivity index (χ1) is 16.3. The molecule has 2 aromatic carbocycles. The third-order valence-electron chi connectivity index (χ3n) is 6.45. The number of nitrogens with one attached hydrogen (secondary N) is 1. The minimum atomic E-state index is -3.65. The van der Waals surface area contributed by atoms with Crippen LogP contribution in [0.25, 0.3) is 0 Å². The average molecular weight is 489 g/mol. The lowest BCUT2D eigenvalue weighted by molar-refractivity contribution is 0.104. The summed E-state index contributed by atoms with van der Waals surface area (Å²) < 4.78 is 34.1. The number of hydrogen-bond acceptors (Lipinski definition) is 6. The third kappa shape index (κ3) is 7.70. The Balaban J connectivity index is 1.51. The predicted octanol–water partition coefficient (Wildman–Crippen LogP) is 3.73. The first-order valence-corrected chi connectivity index (χ1v) is 13.8. The van der Waals surface area contributed by atoms with Crippen LogP contribution in [-0.4, -0.2) is 81.6 Å². The Bertz CT molecular complexity index is 966. The molecule has 1 N–H and O–H groups in total. The van der Waals surface area contributed by atoms with Crippen LogP contribution in [-0.2, 0) is 16.6 Å². The minimum absolute atomic E-state index is 0.264. The van der Waals surface area contributed by atoms with Crippen molar-refractivity contribution in [1.29, 1.82) is 0 Å². The second-order valence-electron chi connectivity index (χ2n) is 9.06. The Hall–Kier alpha value is -2.13. The van der Waals surface area contributed by atoms with Gasteiger partial charge in [-0.25, -0.2) is 8.42 Å². The highest BCUT2D eigenvalue weighted by Gasteiger charge is 2.19. The van der Waals surface area contributed by atoms with E-state index in [0.717, 1.165) is 63.7 Å². The van der Waals surface area contributed by atoms with Gasteiger partial charge in [0.15, 0.2) is 0 Å². The number of piperazine rings is 1. The zero-order chi connectivity index (χ0) is 24.6. The summed E-state index contributed by atoms with van der Waals surface area (Å²) in [5.74, 6) is 0.730. The molecular weight excluding hydrogens is 448 g/mol. The minimum Gasteiger partial charge on any atom is -0.492 e. The van der Waals surface area contributed by atoms with E-state index in [0.29, 0.717) is 18.3 Å². The van der Waals surface area contributed by atoms with E-state index in [1.54, 1.807) is 36.4 Å². The second kappa shape index (κ2) is 12.5. The molecule has 0 aliphatic carbocycles. The van der Waals surface area contributed by atoms with Crippen molar-refractivity contribution >= 4 is 15.7 Å². The molecule has 1 aliphatic heterocycles. The lowest BCUT2D eigenvalue weighted by atomic mass is 10.2. The molecule has 1 fully saturated rings. The summed E-state index contributed by atoms with van der Waals surface area (Å²) in [7, 11) is -3.65. The molecule has 2 aromatic rings. The van der Waals surface area contributed by atoms with Gasteiger partial charge in [-0.1, -0.05) is 26.0 Å². The molecule has 7 nitrogen and oxygen atoms in total. The Morgan fingerprint density at radius 2 is 1.56 bits per heavy atom. The van der Waals surface area contributed by atoms with Gasteiger partial charge in [-0.3, -0.25) is 14.5 Å². The average Bonchev–Trinajstić information content (AvgIpc) is 2.83. The van der Waals surface area contributed by atoms with E-state index in [2.05, 4.69) is 47.1 Å². The molecule has 0 unspecified atom stereocenters. The van der Waals surface area contributed by atoms with Crippen LogP contribution < -0.4 is 9.46 Å². The van der Waals surface area contributed by atoms with Crippen molar-refractivity contribution < 1.29 is 13.2 Å². The zero-order valence-electron chi connectivity index (χ0n) is 21.0. The third-order valence-corrected chi connectivity index (χ3v) is 7.85. The van der Waals surface area contributed by atoms with Crippen molar-refractivity contribution in [3.63, 3.8) is 0 Å². The number of rotatable bonds is 12. The van der Waals surface area contributed by atoms with Crippen LogP contribution >= 0.6 is 0 Å². The molecule has 1 saturated heterocycles. The first kappa shape index (κ1) is 26.5. The molecule has 0 radical (unpaired) electrons. The van der Waals surface area contributed by atoms with E-state index < -0.39 is 10.0 Å². The molecule has 0 atom stereocenters. The van der Waals surface area contributed by atoms with Gasteiger partial charge in [0.05, 0.1) is 4.90 Å². The highest BCUT2D eigenvalue weighted by atomic mass is 32.2. The van der Waals surface area contributed by atoms with Crippen molar-refractivity contribution in [1.82, 2.24) is 14.7 Å². The molecule has 188 valence electrons. The van der Waals surface area contributed by atoms with Gasteiger partial charge in [0, 0.05) is 51.0 Å². The number of anilines is 1. The number of hydrogen-bond donors (Lipinski definition) is 1. The van der Waals surface area contributed by atoms with E-state index >= 15 is 0 Å². The van der Waals surface area contributed by atoms with E-state index in [9.17, 15) is 8.42 Å². The number of ether oxygens (including phenoxy) is 1. The van der Waals surface area contributed by atoms with Gasteiger partial charge >= 0.3 is 0 Å². The topological polar surface area (TPSA) is 65.1 Å². The number of nitrogens with zero attached hydrogens (tertiary/aromatic N) is 3. The SMILES string of the molecule is CCN(CC)CCOc1ccc(NS(=O)(=O)c2ccc(CN3CCN(C(C)C)CC3)cc2)cc1. The fraction of sp³-hybridized carbons (Fsp3) is 0.538. The Kier molecular flexibility index (Phi) is 9.76. The summed E-state index contributed by atoms with van der Waals surface area (Å²) in [5, 5.41) is 0. The van der Waals surface area contributed by atoms with Gasteiger partial charge in [-0.2, -0.15) is 0 Å². The van der Waals surface area contributed by atoms with Gasteiger partial charge in [0.1, 0.15) is 12.4 Å². The standard InChI is InChI=1S/C26H40N4O3S/c1-5-28(6-2)19-20-33-25-11-9-24(10-12-25)27-34(31,32)26-13-7-23(8-14-26)21-29-15-17-30(18-16-29)22(3)4/h7-14,22,27H,5-6,15-21H2,1-4H3. The molecule has 1 heterocycles. The smallest absolute Gasteiger partial charge is 0.261 e. The van der Waals surface area contributed by atoms with Gasteiger partial charge in [0.25, 0.3) is 10.0 Å². The summed E-state index contributed by atoms with van der Waals surface area (Å²) in [6, 6.07) is 14.8. The molecule has 8 heteroatoms. The van der Waals surface area contributed by atoms with E-state index in [-0.39, 0.29) is 4.90 Å². The molecule has 0 spiro atoms. The van der Waals surface area contributed by atoms with Gasteiger partial charge in [0.2, 0.25) is 0 Å². The lowest BCUT2D eigenvalue weighted by Crippen LogP contribution is -2.48. The molecular formula is C26H40N4O3S. The lowest BCUT2D eigenvalue weighted by Gasteiger charge is -2.36. The number of benzene rings is 2. The van der Waals surface area contributed by atoms with Crippen LogP contribution in [0.4, 0.5) is 5.69 Å². The summed E-state index contributed by atoms with van der Waals surface area (Å²) in [4.78, 5) is 7.47. The van der Waals surface area contributed by atoms with Crippen LogP contribution in [0, 0.1) is 0 Å². The Labute approximate surface area is 205 Å². The number of likely N-dealkylation sites (N-methyl/N-ethyl adjacent to an activating group) is 1. The Morgan fingerprint density at radius 3 is 2.12 bits per heavy atom. The largest absolute Gasteiger partial charge is 0.492 e. The first-order valence-electron chi connectivity index (χ1n) is 12.3. The van der Waals surface area contributed by atoms with Crippen LogP contribution in [0.2, 0.25) is 0 Å². The van der Waals surface area contributed by atoms with Crippen LogP contribution in [0.5, 0.6) is 5.75 Å². The maximum Gasteiger partial charge on any atom is 0.261 e. The quantitative estimate of drug-likeness (QED) is 0.491. The van der Waals surface area contributed by atoms with E-state index in [1.165, 1.54) is 0 Å². The van der Waals surface area contributed by atoms with Crippen molar-refractivity contribution in [2.24, 2.45) is 0 Å². The fourth-order valence-corrected chi connectivity index (χ4v) is 5.19. The van der Waals surface area contributed by atoms with Crippen molar-refractivity contribution in [3.8, 4) is 5.75 Å². The van der Waals surface area contributed by atoms with Gasteiger partial charge in [-0.05, 0) is 68.9 Å². The van der Waals surface area contributed by atoms with E-state index in [4.69, 9.17) is 4.74 Å². The van der Waals surface area contributed by atoms with Crippen molar-refractivity contribution in [2.75, 3.05) is 57.1 Å². The summed E-state index contributed by atoms with van der Waals surface area (Å²) in [6.07, 6.45) is 0. The van der Waals surface area contributed by atoms with Crippen molar-refractivity contribution in [2.45, 2.75) is 45.2 Å². The molecule has 1 aliphatic rings. The summed E-state index contributed by atoms with van der Waals surface area (Å²) >= 11 is 0. The van der Waals surface area contributed by atoms with Crippen LogP contribution in [0.3, 0.4) is 0 Å². The predicted molar refractivity (Wildman–Crippen MR) is 139 cm³/mol. The summed E-state index contributed by atoms with van der Waals surface area (Å²) in [5.41, 5.74) is 1.64. The number of sulfonamides is 1. The molecule has 0 saturated carbocycles. The highest BCUT2D eigenvalue weighted by Crippen LogP contribution is 2.20. The van der Waals surface area contributed by atoms with Gasteiger partial charge < -0.3 is 9.64 Å². The molecule has 3 rings (SSSR count). The fourth-order valence-electron chi connectivity index (χ4n) is 4.14.